The van der Waals surface area contributed by atoms with Gasteiger partial charge in [-0.25, -0.2) is 4.98 Å². The molecule has 0 radical (unpaired) electrons. The van der Waals surface area contributed by atoms with Gasteiger partial charge in [0.05, 0.1) is 38.2 Å². The van der Waals surface area contributed by atoms with Crippen molar-refractivity contribution < 1.29 is 23.8 Å². The molecule has 0 saturated carbocycles. The minimum absolute atomic E-state index is 0.287. The quantitative estimate of drug-likeness (QED) is 0.255. The molecule has 0 bridgehead atoms. The number of carbonyl (C=O) groups is 2. The third-order valence-electron chi connectivity index (χ3n) is 5.78. The van der Waals surface area contributed by atoms with Crippen LogP contribution in [-0.4, -0.2) is 43.1 Å². The standard InChI is InChI=1S/C26H24ClN3O5/c1-16-26(30(25(32)15-31)19-9-10-28-24(11-19)35-4)20-12-22(33-2)23(34-3)13-21(20)29(16)14-17-5-7-18(27)8-6-17/h5-13,15H,14H2,1-4H3. The van der Waals surface area contributed by atoms with E-state index in [1.54, 1.807) is 32.4 Å². The van der Waals surface area contributed by atoms with Crippen LogP contribution in [0.5, 0.6) is 17.4 Å². The lowest BCUT2D eigenvalue weighted by molar-refractivity contribution is -0.129. The van der Waals surface area contributed by atoms with E-state index < -0.39 is 5.91 Å². The van der Waals surface area contributed by atoms with Crippen LogP contribution >= 0.6 is 11.6 Å². The van der Waals surface area contributed by atoms with Crippen molar-refractivity contribution in [1.29, 1.82) is 0 Å². The van der Waals surface area contributed by atoms with Crippen molar-refractivity contribution in [3.05, 3.63) is 71.0 Å². The molecule has 9 heteroatoms. The predicted octanol–water partition coefficient (Wildman–Crippen LogP) is 4.94. The second kappa shape index (κ2) is 10.1. The number of pyridine rings is 1. The molecule has 0 atom stereocenters. The van der Waals surface area contributed by atoms with Crippen LogP contribution in [0, 0.1) is 6.92 Å². The Morgan fingerprint density at radius 3 is 2.34 bits per heavy atom. The molecule has 2 heterocycles. The van der Waals surface area contributed by atoms with Crippen molar-refractivity contribution in [3.63, 3.8) is 0 Å². The van der Waals surface area contributed by atoms with Crippen LogP contribution in [0.1, 0.15) is 11.3 Å². The molecule has 0 N–H and O–H groups in total. The Morgan fingerprint density at radius 2 is 1.71 bits per heavy atom. The minimum Gasteiger partial charge on any atom is -0.493 e. The molecule has 0 unspecified atom stereocenters. The largest absolute Gasteiger partial charge is 0.493 e. The second-order valence-electron chi connectivity index (χ2n) is 7.72. The second-order valence-corrected chi connectivity index (χ2v) is 8.16. The van der Waals surface area contributed by atoms with Gasteiger partial charge in [0.15, 0.2) is 11.5 Å². The van der Waals surface area contributed by atoms with Gasteiger partial charge in [-0.05, 0) is 36.8 Å². The lowest BCUT2D eigenvalue weighted by Gasteiger charge is -2.22. The summed E-state index contributed by atoms with van der Waals surface area (Å²) in [6.07, 6.45) is 1.81. The molecule has 4 rings (SSSR count). The lowest BCUT2D eigenvalue weighted by Crippen LogP contribution is -2.27. The topological polar surface area (TPSA) is 82.9 Å². The number of aromatic nitrogens is 2. The van der Waals surface area contributed by atoms with Crippen molar-refractivity contribution >= 4 is 46.1 Å². The number of halogens is 1. The number of rotatable bonds is 8. The van der Waals surface area contributed by atoms with Gasteiger partial charge < -0.3 is 18.8 Å². The zero-order chi connectivity index (χ0) is 25.1. The van der Waals surface area contributed by atoms with Crippen molar-refractivity contribution in [2.45, 2.75) is 13.5 Å². The van der Waals surface area contributed by atoms with Crippen molar-refractivity contribution in [2.24, 2.45) is 0 Å². The van der Waals surface area contributed by atoms with E-state index in [0.29, 0.717) is 45.7 Å². The number of methoxy groups -OCH3 is 3. The third kappa shape index (κ3) is 4.52. The SMILES string of the molecule is COc1cc(N(C(=O)C=O)c2c(C)n(Cc3ccc(Cl)cc3)c3cc(OC)c(OC)cc23)ccn1. The number of carbonyl (C=O) groups excluding carboxylic acids is 2. The Balaban J connectivity index is 2.02. The summed E-state index contributed by atoms with van der Waals surface area (Å²) < 4.78 is 18.4. The van der Waals surface area contributed by atoms with Gasteiger partial charge in [0.25, 0.3) is 5.91 Å². The van der Waals surface area contributed by atoms with Crippen LogP contribution in [0.15, 0.2) is 54.7 Å². The highest BCUT2D eigenvalue weighted by Gasteiger charge is 2.27. The number of anilines is 2. The van der Waals surface area contributed by atoms with E-state index in [9.17, 15) is 9.59 Å². The summed E-state index contributed by atoms with van der Waals surface area (Å²) in [5.74, 6) is 0.616. The number of hydrogen-bond acceptors (Lipinski definition) is 6. The van der Waals surface area contributed by atoms with E-state index in [1.807, 2.05) is 37.3 Å². The van der Waals surface area contributed by atoms with Crippen LogP contribution in [0.3, 0.4) is 0 Å². The van der Waals surface area contributed by atoms with E-state index >= 15 is 0 Å². The molecular formula is C26H24ClN3O5. The number of hydrogen-bond donors (Lipinski definition) is 0. The first-order chi connectivity index (χ1) is 16.9. The highest BCUT2D eigenvalue weighted by atomic mass is 35.5. The number of amides is 1. The highest BCUT2D eigenvalue weighted by molar-refractivity contribution is 6.34. The first kappa shape index (κ1) is 24.1. The van der Waals surface area contributed by atoms with Gasteiger partial charge in [0.1, 0.15) is 0 Å². The number of aldehydes is 1. The number of nitrogens with zero attached hydrogens (tertiary/aromatic N) is 3. The van der Waals surface area contributed by atoms with Gasteiger partial charge in [0.2, 0.25) is 12.2 Å². The molecule has 35 heavy (non-hydrogen) atoms. The van der Waals surface area contributed by atoms with E-state index in [-0.39, 0.29) is 6.29 Å². The first-order valence-corrected chi connectivity index (χ1v) is 11.1. The van der Waals surface area contributed by atoms with Crippen LogP contribution in [0.4, 0.5) is 11.4 Å². The van der Waals surface area contributed by atoms with Crippen LogP contribution in [0.25, 0.3) is 10.9 Å². The summed E-state index contributed by atoms with van der Waals surface area (Å²) in [4.78, 5) is 30.2. The zero-order valence-corrected chi connectivity index (χ0v) is 20.5. The maximum Gasteiger partial charge on any atom is 0.295 e. The normalized spacial score (nSPS) is 10.8. The van der Waals surface area contributed by atoms with E-state index in [1.165, 1.54) is 18.2 Å². The average molecular weight is 494 g/mol. The number of fused-ring (bicyclic) bond motifs is 1. The van der Waals surface area contributed by atoms with Gasteiger partial charge in [0, 0.05) is 41.0 Å². The molecule has 180 valence electrons. The molecule has 2 aromatic heterocycles. The minimum atomic E-state index is -0.735. The number of ether oxygens (including phenoxy) is 3. The van der Waals surface area contributed by atoms with Crippen molar-refractivity contribution in [3.8, 4) is 17.4 Å². The monoisotopic (exact) mass is 493 g/mol. The van der Waals surface area contributed by atoms with E-state index in [2.05, 4.69) is 9.55 Å². The highest BCUT2D eigenvalue weighted by Crippen LogP contribution is 2.43. The fourth-order valence-corrected chi connectivity index (χ4v) is 4.24. The molecule has 0 aliphatic heterocycles. The van der Waals surface area contributed by atoms with Gasteiger partial charge in [-0.1, -0.05) is 23.7 Å². The van der Waals surface area contributed by atoms with Crippen LogP contribution < -0.4 is 19.1 Å². The average Bonchev–Trinajstić information content (AvgIpc) is 3.14. The van der Waals surface area contributed by atoms with Gasteiger partial charge >= 0.3 is 0 Å². The van der Waals surface area contributed by atoms with Gasteiger partial charge in [-0.15, -0.1) is 0 Å². The van der Waals surface area contributed by atoms with Crippen molar-refractivity contribution in [1.82, 2.24) is 9.55 Å². The molecule has 0 fully saturated rings. The Hall–Kier alpha value is -4.04. The molecule has 0 spiro atoms. The molecular weight excluding hydrogens is 470 g/mol. The maximum atomic E-state index is 13.0. The molecule has 0 aliphatic rings. The first-order valence-electron chi connectivity index (χ1n) is 10.7. The van der Waals surface area contributed by atoms with Gasteiger partial charge in [-0.2, -0.15) is 0 Å². The maximum absolute atomic E-state index is 13.0. The fourth-order valence-electron chi connectivity index (χ4n) is 4.11. The predicted molar refractivity (Wildman–Crippen MR) is 134 cm³/mol. The smallest absolute Gasteiger partial charge is 0.295 e. The van der Waals surface area contributed by atoms with E-state index in [4.69, 9.17) is 25.8 Å². The molecule has 8 nitrogen and oxygen atoms in total. The summed E-state index contributed by atoms with van der Waals surface area (Å²) in [5.41, 5.74) is 3.55. The Morgan fingerprint density at radius 1 is 1.03 bits per heavy atom. The van der Waals surface area contributed by atoms with Crippen LogP contribution in [0.2, 0.25) is 5.02 Å². The Kier molecular flexibility index (Phi) is 6.93. The third-order valence-corrected chi connectivity index (χ3v) is 6.03. The summed E-state index contributed by atoms with van der Waals surface area (Å²) >= 11 is 6.07. The zero-order valence-electron chi connectivity index (χ0n) is 19.7. The van der Waals surface area contributed by atoms with Crippen molar-refractivity contribution in [2.75, 3.05) is 26.2 Å². The molecule has 2 aromatic carbocycles. The molecule has 0 saturated heterocycles. The summed E-state index contributed by atoms with van der Waals surface area (Å²) in [6.45, 7) is 2.39. The number of benzene rings is 2. The lowest BCUT2D eigenvalue weighted by atomic mass is 10.1. The fraction of sp³-hybridized carbons (Fsp3) is 0.192. The molecule has 4 aromatic rings. The molecule has 1 amide bonds. The van der Waals surface area contributed by atoms with Gasteiger partial charge in [-0.3, -0.25) is 14.5 Å². The Bertz CT molecular complexity index is 1400. The molecule has 0 aliphatic carbocycles. The van der Waals surface area contributed by atoms with Crippen LogP contribution in [-0.2, 0) is 16.1 Å². The van der Waals surface area contributed by atoms with E-state index in [0.717, 1.165) is 16.8 Å². The Labute approximate surface area is 207 Å². The summed E-state index contributed by atoms with van der Waals surface area (Å²) in [7, 11) is 4.59. The summed E-state index contributed by atoms with van der Waals surface area (Å²) in [5, 5.41) is 1.35. The summed E-state index contributed by atoms with van der Waals surface area (Å²) in [6, 6.07) is 14.4.